The van der Waals surface area contributed by atoms with Gasteiger partial charge in [0.1, 0.15) is 12.4 Å². The second kappa shape index (κ2) is 14.9. The minimum atomic E-state index is -1.25. The lowest BCUT2D eigenvalue weighted by molar-refractivity contribution is -0.142. The Morgan fingerprint density at radius 2 is 1.76 bits per heavy atom. The van der Waals surface area contributed by atoms with Gasteiger partial charge in [-0.3, -0.25) is 14.5 Å². The predicted molar refractivity (Wildman–Crippen MR) is 144 cm³/mol. The molecule has 1 fully saturated rings. The highest BCUT2D eigenvalue weighted by atomic mass is 35.5. The first-order valence-corrected chi connectivity index (χ1v) is 14.0. The maximum absolute atomic E-state index is 12.8. The molecule has 1 amide bonds. The summed E-state index contributed by atoms with van der Waals surface area (Å²) in [4.78, 5) is 37.7. The molecule has 2 atom stereocenters. The van der Waals surface area contributed by atoms with Crippen LogP contribution in [0.4, 0.5) is 0 Å². The van der Waals surface area contributed by atoms with Gasteiger partial charge in [0, 0.05) is 35.7 Å². The van der Waals surface area contributed by atoms with Gasteiger partial charge in [-0.15, -0.1) is 0 Å². The molecule has 9 heteroatoms. The molecular formula is C28H32ClNO6S. The summed E-state index contributed by atoms with van der Waals surface area (Å²) in [5.41, 5.74) is 1.92. The molecule has 0 spiro atoms. The van der Waals surface area contributed by atoms with Crippen molar-refractivity contribution >= 4 is 40.4 Å². The number of unbranched alkanes of at least 4 members (excludes halogenated alkanes) is 2. The van der Waals surface area contributed by atoms with Crippen LogP contribution in [0.3, 0.4) is 0 Å². The van der Waals surface area contributed by atoms with Crippen LogP contribution in [0.1, 0.15) is 58.4 Å². The highest BCUT2D eigenvalue weighted by molar-refractivity contribution is 7.91. The van der Waals surface area contributed by atoms with Gasteiger partial charge in [0.25, 0.3) is 0 Å². The molecule has 37 heavy (non-hydrogen) atoms. The molecule has 0 aromatic heterocycles. The molecule has 198 valence electrons. The Morgan fingerprint density at radius 3 is 2.43 bits per heavy atom. The van der Waals surface area contributed by atoms with Crippen LogP contribution in [0.2, 0.25) is 5.02 Å². The summed E-state index contributed by atoms with van der Waals surface area (Å²) in [5.74, 6) is -0.0564. The maximum atomic E-state index is 12.8. The number of likely N-dealkylation sites (tertiary alicyclic amines) is 1. The Kier molecular flexibility index (Phi) is 11.7. The standard InChI is InChI=1S/C28H32ClNO6S/c1-2-16-36-28(33)23-9-7-21(8-10-23)20-37(34)27-19-26(32)30(27)15-18-35-17-5-3-4-6-25(31)22-11-13-24(29)14-12-22/h2,7-14,27H,1,3-6,15-20H2. The molecule has 0 saturated carbocycles. The van der Waals surface area contributed by atoms with E-state index >= 15 is 0 Å². The third-order valence-electron chi connectivity index (χ3n) is 5.99. The molecule has 1 heterocycles. The minimum Gasteiger partial charge on any atom is -0.614 e. The number of rotatable bonds is 16. The van der Waals surface area contributed by atoms with E-state index in [1.165, 1.54) is 6.08 Å². The summed E-state index contributed by atoms with van der Waals surface area (Å²) in [6.07, 6.45) is 4.74. The quantitative estimate of drug-likeness (QED) is 0.0739. The molecule has 0 N–H and O–H groups in total. The molecule has 1 saturated heterocycles. The number of halogens is 1. The number of ether oxygens (including phenoxy) is 2. The van der Waals surface area contributed by atoms with Crippen molar-refractivity contribution in [1.29, 1.82) is 0 Å². The fraction of sp³-hybridized carbons (Fsp3) is 0.393. The van der Waals surface area contributed by atoms with E-state index < -0.39 is 17.1 Å². The lowest BCUT2D eigenvalue weighted by atomic mass is 10.1. The van der Waals surface area contributed by atoms with Gasteiger partial charge in [0.15, 0.2) is 11.2 Å². The van der Waals surface area contributed by atoms with Crippen molar-refractivity contribution < 1.29 is 28.4 Å². The molecule has 0 aliphatic carbocycles. The number of amides is 1. The van der Waals surface area contributed by atoms with Crippen LogP contribution in [0.15, 0.2) is 61.2 Å². The number of hydrogen-bond acceptors (Lipinski definition) is 6. The molecule has 2 aromatic rings. The van der Waals surface area contributed by atoms with Crippen LogP contribution in [-0.4, -0.2) is 58.9 Å². The van der Waals surface area contributed by atoms with Crippen molar-refractivity contribution in [1.82, 2.24) is 4.90 Å². The largest absolute Gasteiger partial charge is 0.614 e. The number of benzene rings is 2. The van der Waals surface area contributed by atoms with Crippen LogP contribution in [0, 0.1) is 0 Å². The Bertz CT molecular complexity index is 1060. The zero-order valence-corrected chi connectivity index (χ0v) is 22.3. The van der Waals surface area contributed by atoms with Gasteiger partial charge in [-0.2, -0.15) is 0 Å². The van der Waals surface area contributed by atoms with Gasteiger partial charge in [-0.05, 0) is 60.4 Å². The third-order valence-corrected chi connectivity index (χ3v) is 7.88. The Balaban J connectivity index is 1.29. The van der Waals surface area contributed by atoms with E-state index in [9.17, 15) is 18.9 Å². The zero-order chi connectivity index (χ0) is 26.6. The number of β-lactam (4-membered cyclic amide) rings is 1. The number of hydrogen-bond donors (Lipinski definition) is 0. The van der Waals surface area contributed by atoms with Crippen LogP contribution in [0.5, 0.6) is 0 Å². The molecule has 3 rings (SSSR count). The third kappa shape index (κ3) is 9.00. The maximum Gasteiger partial charge on any atom is 0.338 e. The number of Topliss-reactive ketones (excluding diaryl/α,β-unsaturated/α-hetero) is 1. The molecule has 1 aliphatic heterocycles. The van der Waals surface area contributed by atoms with Crippen molar-refractivity contribution in [2.75, 3.05) is 26.4 Å². The van der Waals surface area contributed by atoms with Crippen molar-refractivity contribution in [2.24, 2.45) is 0 Å². The van der Waals surface area contributed by atoms with Gasteiger partial charge in [0.2, 0.25) is 5.91 Å². The van der Waals surface area contributed by atoms with Crippen LogP contribution in [-0.2, 0) is 31.2 Å². The molecule has 2 aromatic carbocycles. The predicted octanol–water partition coefficient (Wildman–Crippen LogP) is 4.95. The van der Waals surface area contributed by atoms with Gasteiger partial charge in [-0.1, -0.05) is 42.8 Å². The molecule has 7 nitrogen and oxygen atoms in total. The lowest BCUT2D eigenvalue weighted by Crippen LogP contribution is -2.57. The fourth-order valence-electron chi connectivity index (χ4n) is 3.86. The summed E-state index contributed by atoms with van der Waals surface area (Å²) >= 11 is 4.59. The smallest absolute Gasteiger partial charge is 0.338 e. The highest BCUT2D eigenvalue weighted by Crippen LogP contribution is 2.27. The van der Waals surface area contributed by atoms with E-state index in [1.807, 2.05) is 0 Å². The summed E-state index contributed by atoms with van der Waals surface area (Å²) in [7, 11) is 0. The van der Waals surface area contributed by atoms with E-state index in [-0.39, 0.29) is 30.1 Å². The number of nitrogens with zero attached hydrogens (tertiary/aromatic N) is 1. The average molecular weight is 546 g/mol. The molecular weight excluding hydrogens is 514 g/mol. The minimum absolute atomic E-state index is 0.0250. The van der Waals surface area contributed by atoms with Crippen LogP contribution < -0.4 is 0 Å². The molecule has 2 unspecified atom stereocenters. The second-order valence-corrected chi connectivity index (χ2v) is 10.7. The van der Waals surface area contributed by atoms with Gasteiger partial charge < -0.3 is 14.0 Å². The van der Waals surface area contributed by atoms with E-state index in [0.29, 0.717) is 48.1 Å². The van der Waals surface area contributed by atoms with E-state index in [2.05, 4.69) is 6.58 Å². The summed E-state index contributed by atoms with van der Waals surface area (Å²) in [5, 5.41) is 0.286. The fourth-order valence-corrected chi connectivity index (χ4v) is 5.53. The zero-order valence-electron chi connectivity index (χ0n) is 20.7. The highest BCUT2D eigenvalue weighted by Gasteiger charge is 2.44. The first kappa shape index (κ1) is 28.9. The van der Waals surface area contributed by atoms with Crippen molar-refractivity contribution in [3.05, 3.63) is 82.9 Å². The Hall–Kier alpha value is -2.65. The Labute approximate surface area is 226 Å². The second-order valence-electron chi connectivity index (χ2n) is 8.71. The topological polar surface area (TPSA) is 96.0 Å². The average Bonchev–Trinajstić information content (AvgIpc) is 2.89. The van der Waals surface area contributed by atoms with Gasteiger partial charge in [0.05, 0.1) is 18.6 Å². The van der Waals surface area contributed by atoms with E-state index in [1.54, 1.807) is 53.4 Å². The van der Waals surface area contributed by atoms with Crippen LogP contribution >= 0.6 is 11.6 Å². The molecule has 0 bridgehead atoms. The monoisotopic (exact) mass is 545 g/mol. The number of esters is 1. The van der Waals surface area contributed by atoms with Gasteiger partial charge in [-0.25, -0.2) is 4.79 Å². The molecule has 1 aliphatic rings. The number of ketones is 1. The van der Waals surface area contributed by atoms with Crippen molar-refractivity contribution in [2.45, 2.75) is 43.2 Å². The van der Waals surface area contributed by atoms with Crippen molar-refractivity contribution in [3.8, 4) is 0 Å². The number of carbonyl (C=O) groups is 3. The van der Waals surface area contributed by atoms with Crippen LogP contribution in [0.25, 0.3) is 0 Å². The van der Waals surface area contributed by atoms with Crippen molar-refractivity contribution in [3.63, 3.8) is 0 Å². The summed E-state index contributed by atoms with van der Waals surface area (Å²) in [6, 6.07) is 13.7. The SMILES string of the molecule is C=CCOC(=O)c1ccc(C[S+]([O-])C2CC(=O)N2CCOCCCCCC(=O)c2ccc(Cl)cc2)cc1. The Morgan fingerprint density at radius 1 is 1.05 bits per heavy atom. The molecule has 0 radical (unpaired) electrons. The number of carbonyl (C=O) groups excluding carboxylic acids is 3. The summed E-state index contributed by atoms with van der Waals surface area (Å²) in [6.45, 7) is 4.98. The van der Waals surface area contributed by atoms with E-state index in [0.717, 1.165) is 24.8 Å². The normalized spacial score (nSPS) is 15.7. The van der Waals surface area contributed by atoms with Gasteiger partial charge >= 0.3 is 5.97 Å². The first-order valence-electron chi connectivity index (χ1n) is 12.3. The van der Waals surface area contributed by atoms with E-state index in [4.69, 9.17) is 21.1 Å². The first-order chi connectivity index (χ1) is 17.9. The summed E-state index contributed by atoms with van der Waals surface area (Å²) < 4.78 is 23.5. The lowest BCUT2D eigenvalue weighted by Gasteiger charge is -2.40.